The number of aromatic nitrogens is 1. The van der Waals surface area contributed by atoms with Crippen LogP contribution in [0.15, 0.2) is 42.5 Å². The van der Waals surface area contributed by atoms with Crippen LogP contribution in [0.1, 0.15) is 17.4 Å². The molecule has 2 aliphatic heterocycles. The van der Waals surface area contributed by atoms with Crippen LogP contribution in [0, 0.1) is 0 Å². The van der Waals surface area contributed by atoms with Gasteiger partial charge in [0, 0.05) is 43.3 Å². The van der Waals surface area contributed by atoms with Gasteiger partial charge in [-0.15, -0.1) is 0 Å². The molecule has 1 aromatic heterocycles. The fraction of sp³-hybridized carbons (Fsp3) is 0.333. The molecule has 1 saturated heterocycles. The molecule has 2 N–H and O–H groups in total. The van der Waals surface area contributed by atoms with Crippen LogP contribution >= 0.6 is 0 Å². The van der Waals surface area contributed by atoms with Crippen molar-refractivity contribution in [3.8, 4) is 11.5 Å². The third-order valence-corrected chi connectivity index (χ3v) is 5.90. The Morgan fingerprint density at radius 1 is 1.06 bits per heavy atom. The van der Waals surface area contributed by atoms with Crippen molar-refractivity contribution >= 4 is 34.2 Å². The number of nitrogens with one attached hydrogen (secondary N) is 2. The maximum Gasteiger partial charge on any atom is 0.356 e. The molecule has 0 radical (unpaired) electrons. The van der Waals surface area contributed by atoms with E-state index >= 15 is 0 Å². The summed E-state index contributed by atoms with van der Waals surface area (Å²) in [5.74, 6) is 0.451. The molecule has 33 heavy (non-hydrogen) atoms. The molecule has 3 aromatic rings. The third-order valence-electron chi connectivity index (χ3n) is 5.90. The number of ether oxygens (including phenoxy) is 3. The lowest BCUT2D eigenvalue weighted by atomic mass is 10.2. The highest BCUT2D eigenvalue weighted by Gasteiger charge is 2.25. The lowest BCUT2D eigenvalue weighted by Gasteiger charge is -2.35. The van der Waals surface area contributed by atoms with Gasteiger partial charge in [-0.3, -0.25) is 9.69 Å². The number of esters is 1. The van der Waals surface area contributed by atoms with E-state index in [2.05, 4.69) is 32.2 Å². The zero-order valence-electron chi connectivity index (χ0n) is 18.4. The molecule has 9 nitrogen and oxygen atoms in total. The Morgan fingerprint density at radius 3 is 2.52 bits per heavy atom. The van der Waals surface area contributed by atoms with Gasteiger partial charge < -0.3 is 29.4 Å². The van der Waals surface area contributed by atoms with Crippen LogP contribution in [0.2, 0.25) is 0 Å². The highest BCUT2D eigenvalue weighted by Crippen LogP contribution is 2.40. The number of piperazine rings is 1. The van der Waals surface area contributed by atoms with Crippen LogP contribution in [0.3, 0.4) is 0 Å². The summed E-state index contributed by atoms with van der Waals surface area (Å²) in [5, 5.41) is 3.60. The van der Waals surface area contributed by atoms with Crippen molar-refractivity contribution < 1.29 is 23.8 Å². The van der Waals surface area contributed by atoms with E-state index in [4.69, 9.17) is 14.2 Å². The van der Waals surface area contributed by atoms with Crippen LogP contribution in [0.5, 0.6) is 11.5 Å². The second-order valence-corrected chi connectivity index (χ2v) is 7.99. The number of carbonyl (C=O) groups excluding carboxylic acids is 2. The number of hydrogen-bond donors (Lipinski definition) is 2. The Kier molecular flexibility index (Phi) is 5.78. The maximum atomic E-state index is 13.0. The van der Waals surface area contributed by atoms with Gasteiger partial charge in [-0.2, -0.15) is 0 Å². The number of amides is 1. The van der Waals surface area contributed by atoms with Crippen LogP contribution < -0.4 is 19.7 Å². The predicted octanol–water partition coefficient (Wildman–Crippen LogP) is 2.83. The molecule has 0 unspecified atom stereocenters. The SMILES string of the molecule is CCOC(=O)c1[nH]c2cc3c(cc2c1NC(=O)CN1CCN(c2ccccc2)CC1)OCO3. The Morgan fingerprint density at radius 2 is 1.79 bits per heavy atom. The second kappa shape index (κ2) is 9.03. The van der Waals surface area contributed by atoms with E-state index in [1.54, 1.807) is 19.1 Å². The van der Waals surface area contributed by atoms with E-state index in [1.165, 1.54) is 5.69 Å². The molecule has 2 aliphatic rings. The van der Waals surface area contributed by atoms with Crippen molar-refractivity contribution in [2.24, 2.45) is 0 Å². The predicted molar refractivity (Wildman–Crippen MR) is 124 cm³/mol. The Balaban J connectivity index is 1.30. The molecule has 0 atom stereocenters. The summed E-state index contributed by atoms with van der Waals surface area (Å²) in [7, 11) is 0. The summed E-state index contributed by atoms with van der Waals surface area (Å²) in [6.45, 7) is 5.61. The monoisotopic (exact) mass is 450 g/mol. The topological polar surface area (TPSA) is 96.1 Å². The minimum absolute atomic E-state index is 0.142. The lowest BCUT2D eigenvalue weighted by molar-refractivity contribution is -0.117. The minimum atomic E-state index is -0.525. The van der Waals surface area contributed by atoms with Gasteiger partial charge in [0.25, 0.3) is 0 Å². The molecular weight excluding hydrogens is 424 g/mol. The number of rotatable bonds is 6. The van der Waals surface area contributed by atoms with Crippen molar-refractivity contribution in [3.05, 3.63) is 48.2 Å². The van der Waals surface area contributed by atoms with E-state index in [0.29, 0.717) is 28.1 Å². The quantitative estimate of drug-likeness (QED) is 0.558. The largest absolute Gasteiger partial charge is 0.461 e. The van der Waals surface area contributed by atoms with Gasteiger partial charge in [0.05, 0.1) is 24.4 Å². The molecule has 2 aromatic carbocycles. The Bertz CT molecular complexity index is 1170. The number of hydrogen-bond acceptors (Lipinski definition) is 7. The van der Waals surface area contributed by atoms with Crippen molar-refractivity contribution in [2.45, 2.75) is 6.92 Å². The molecule has 1 amide bonds. The number of nitrogens with zero attached hydrogens (tertiary/aromatic N) is 2. The normalized spacial score (nSPS) is 15.6. The van der Waals surface area contributed by atoms with Gasteiger partial charge in [0.2, 0.25) is 12.7 Å². The zero-order valence-corrected chi connectivity index (χ0v) is 18.4. The first-order valence-electron chi connectivity index (χ1n) is 11.1. The highest BCUT2D eigenvalue weighted by atomic mass is 16.7. The Hall–Kier alpha value is -3.72. The highest BCUT2D eigenvalue weighted by molar-refractivity contribution is 6.11. The summed E-state index contributed by atoms with van der Waals surface area (Å²) >= 11 is 0. The first-order chi connectivity index (χ1) is 16.1. The molecule has 1 fully saturated rings. The number of para-hydroxylation sites is 1. The molecule has 0 aliphatic carbocycles. The van der Waals surface area contributed by atoms with Crippen molar-refractivity contribution in [1.82, 2.24) is 9.88 Å². The lowest BCUT2D eigenvalue weighted by Crippen LogP contribution is -2.48. The summed E-state index contributed by atoms with van der Waals surface area (Å²) in [5.41, 5.74) is 2.46. The van der Waals surface area contributed by atoms with Crippen LogP contribution in [-0.2, 0) is 9.53 Å². The first kappa shape index (κ1) is 21.1. The average Bonchev–Trinajstić information content (AvgIpc) is 3.43. The van der Waals surface area contributed by atoms with E-state index in [0.717, 1.165) is 26.2 Å². The molecule has 0 saturated carbocycles. The smallest absolute Gasteiger partial charge is 0.356 e. The van der Waals surface area contributed by atoms with Gasteiger partial charge >= 0.3 is 5.97 Å². The molecular formula is C24H26N4O5. The molecule has 172 valence electrons. The standard InChI is InChI=1S/C24H26N4O5/c1-2-31-24(30)23-22(17-12-19-20(33-15-32-19)13-18(17)25-23)26-21(29)14-27-8-10-28(11-9-27)16-6-4-3-5-7-16/h3-7,12-13,25H,2,8-11,14-15H2,1H3,(H,26,29). The van der Waals surface area contributed by atoms with Gasteiger partial charge in [0.15, 0.2) is 11.5 Å². The summed E-state index contributed by atoms with van der Waals surface area (Å²) in [6, 6.07) is 13.8. The van der Waals surface area contributed by atoms with Crippen molar-refractivity contribution in [2.75, 3.05) is 56.3 Å². The van der Waals surface area contributed by atoms with Crippen LogP contribution in [0.25, 0.3) is 10.9 Å². The zero-order chi connectivity index (χ0) is 22.8. The van der Waals surface area contributed by atoms with Gasteiger partial charge in [-0.05, 0) is 25.1 Å². The fourth-order valence-corrected chi connectivity index (χ4v) is 4.26. The number of aromatic amines is 1. The molecule has 0 spiro atoms. The van der Waals surface area contributed by atoms with Gasteiger partial charge in [-0.25, -0.2) is 4.79 Å². The molecule has 5 rings (SSSR count). The number of fused-ring (bicyclic) bond motifs is 2. The van der Waals surface area contributed by atoms with E-state index in [-0.39, 0.29) is 31.5 Å². The van der Waals surface area contributed by atoms with Gasteiger partial charge in [0.1, 0.15) is 5.69 Å². The maximum absolute atomic E-state index is 13.0. The minimum Gasteiger partial charge on any atom is -0.461 e. The van der Waals surface area contributed by atoms with Crippen LogP contribution in [-0.4, -0.2) is 67.9 Å². The van der Waals surface area contributed by atoms with E-state index < -0.39 is 5.97 Å². The average molecular weight is 450 g/mol. The summed E-state index contributed by atoms with van der Waals surface area (Å²) in [4.78, 5) is 33.0. The van der Waals surface area contributed by atoms with Crippen molar-refractivity contribution in [1.29, 1.82) is 0 Å². The Labute approximate surface area is 191 Å². The van der Waals surface area contributed by atoms with Crippen molar-refractivity contribution in [3.63, 3.8) is 0 Å². The number of benzene rings is 2. The third kappa shape index (κ3) is 4.31. The van der Waals surface area contributed by atoms with E-state index in [1.807, 2.05) is 18.2 Å². The van der Waals surface area contributed by atoms with E-state index in [9.17, 15) is 9.59 Å². The van der Waals surface area contributed by atoms with Crippen LogP contribution in [0.4, 0.5) is 11.4 Å². The van der Waals surface area contributed by atoms with Gasteiger partial charge in [-0.1, -0.05) is 18.2 Å². The fourth-order valence-electron chi connectivity index (χ4n) is 4.26. The summed E-state index contributed by atoms with van der Waals surface area (Å²) < 4.78 is 16.1. The summed E-state index contributed by atoms with van der Waals surface area (Å²) in [6.07, 6.45) is 0. The molecule has 0 bridgehead atoms. The molecule has 9 heteroatoms. The number of anilines is 2. The number of carbonyl (C=O) groups is 2. The first-order valence-corrected chi connectivity index (χ1v) is 11.1. The number of H-pyrrole nitrogens is 1. The molecule has 3 heterocycles. The second-order valence-electron chi connectivity index (χ2n) is 7.99.